The lowest BCUT2D eigenvalue weighted by Gasteiger charge is -2.30. The molecule has 1 aliphatic carbocycles. The molecule has 2 bridgehead atoms. The van der Waals surface area contributed by atoms with Crippen molar-refractivity contribution in [3.8, 4) is 0 Å². The lowest BCUT2D eigenvalue weighted by Crippen LogP contribution is -2.40. The van der Waals surface area contributed by atoms with Crippen LogP contribution in [0.3, 0.4) is 0 Å². The second-order valence-electron chi connectivity index (χ2n) is 5.31. The summed E-state index contributed by atoms with van der Waals surface area (Å²) in [5.41, 5.74) is 1.04. The van der Waals surface area contributed by atoms with Crippen LogP contribution >= 0.6 is 11.3 Å². The first-order valence-corrected chi connectivity index (χ1v) is 8.43. The van der Waals surface area contributed by atoms with Crippen molar-refractivity contribution in [1.29, 1.82) is 0 Å². The van der Waals surface area contributed by atoms with Gasteiger partial charge < -0.3 is 0 Å². The van der Waals surface area contributed by atoms with E-state index in [9.17, 15) is 8.42 Å². The third-order valence-electron chi connectivity index (χ3n) is 3.87. The summed E-state index contributed by atoms with van der Waals surface area (Å²) in [5.74, 6) is 1.20. The smallest absolute Gasteiger partial charge is 0.206 e. The van der Waals surface area contributed by atoms with Crippen molar-refractivity contribution in [2.24, 2.45) is 11.8 Å². The molecular formula is C12H17NO2S2. The van der Waals surface area contributed by atoms with Gasteiger partial charge >= 0.3 is 0 Å². The normalized spacial score (nSPS) is 29.7. The Kier molecular flexibility index (Phi) is 2.80. The van der Waals surface area contributed by atoms with Crippen LogP contribution in [-0.4, -0.2) is 25.8 Å². The summed E-state index contributed by atoms with van der Waals surface area (Å²) < 4.78 is 27.1. The Hall–Kier alpha value is -0.390. The highest BCUT2D eigenvalue weighted by molar-refractivity contribution is 7.91. The molecule has 0 aromatic carbocycles. The van der Waals surface area contributed by atoms with E-state index in [4.69, 9.17) is 0 Å². The number of hydrogen-bond acceptors (Lipinski definition) is 3. The lowest BCUT2D eigenvalue weighted by molar-refractivity contribution is 0.261. The molecule has 2 fully saturated rings. The summed E-state index contributed by atoms with van der Waals surface area (Å²) in [4.78, 5) is 0. The van der Waals surface area contributed by atoms with Gasteiger partial charge in [-0.3, -0.25) is 0 Å². The minimum atomic E-state index is -3.22. The van der Waals surface area contributed by atoms with E-state index in [1.54, 1.807) is 10.4 Å². The average Bonchev–Trinajstić information content (AvgIpc) is 2.85. The molecule has 0 N–H and O–H groups in total. The first kappa shape index (κ1) is 11.7. The van der Waals surface area contributed by atoms with Crippen molar-refractivity contribution >= 4 is 21.4 Å². The number of sulfonamides is 1. The second kappa shape index (κ2) is 4.07. The Balaban J connectivity index is 1.88. The fraction of sp³-hybridized carbons (Fsp3) is 0.667. The number of piperidine rings is 1. The highest BCUT2D eigenvalue weighted by Crippen LogP contribution is 2.38. The summed E-state index contributed by atoms with van der Waals surface area (Å²) in [6.45, 7) is 3.40. The Morgan fingerprint density at radius 2 is 1.94 bits per heavy atom. The maximum Gasteiger partial charge on any atom is 0.252 e. The fourth-order valence-electron chi connectivity index (χ4n) is 3.02. The molecule has 1 aromatic rings. The van der Waals surface area contributed by atoms with Crippen molar-refractivity contribution in [3.63, 3.8) is 0 Å². The number of aryl methyl sites for hydroxylation is 1. The molecule has 0 unspecified atom stereocenters. The van der Waals surface area contributed by atoms with Crippen LogP contribution in [0.1, 0.15) is 24.8 Å². The largest absolute Gasteiger partial charge is 0.252 e. The van der Waals surface area contributed by atoms with E-state index in [1.165, 1.54) is 30.6 Å². The zero-order chi connectivity index (χ0) is 12.0. The van der Waals surface area contributed by atoms with E-state index >= 15 is 0 Å². The number of hydrogen-bond donors (Lipinski definition) is 0. The zero-order valence-corrected chi connectivity index (χ0v) is 11.6. The molecule has 2 atom stereocenters. The lowest BCUT2D eigenvalue weighted by atomic mass is 10.0. The van der Waals surface area contributed by atoms with Crippen LogP contribution in [0.5, 0.6) is 0 Å². The van der Waals surface area contributed by atoms with Gasteiger partial charge in [0.2, 0.25) is 0 Å². The van der Waals surface area contributed by atoms with Crippen molar-refractivity contribution in [3.05, 3.63) is 17.0 Å². The summed E-state index contributed by atoms with van der Waals surface area (Å²) in [7, 11) is -3.22. The van der Waals surface area contributed by atoms with Gasteiger partial charge in [0.05, 0.1) is 0 Å². The molecule has 1 saturated heterocycles. The van der Waals surface area contributed by atoms with Crippen LogP contribution in [0.4, 0.5) is 0 Å². The molecule has 1 aromatic heterocycles. The van der Waals surface area contributed by atoms with Crippen LogP contribution in [0.15, 0.2) is 15.7 Å². The monoisotopic (exact) mass is 271 g/mol. The first-order valence-electron chi connectivity index (χ1n) is 6.11. The van der Waals surface area contributed by atoms with Gasteiger partial charge in [-0.25, -0.2) is 8.42 Å². The van der Waals surface area contributed by atoms with E-state index in [-0.39, 0.29) is 0 Å². The van der Waals surface area contributed by atoms with Gasteiger partial charge in [0.1, 0.15) is 4.21 Å². The molecule has 3 rings (SSSR count). The quantitative estimate of drug-likeness (QED) is 0.828. The number of nitrogens with zero attached hydrogens (tertiary/aromatic N) is 1. The Bertz CT molecular complexity index is 508. The summed E-state index contributed by atoms with van der Waals surface area (Å²) >= 11 is 1.34. The average molecular weight is 271 g/mol. The molecule has 5 heteroatoms. The summed E-state index contributed by atoms with van der Waals surface area (Å²) in [6.07, 6.45) is 3.65. The van der Waals surface area contributed by atoms with Gasteiger partial charge in [0.25, 0.3) is 10.0 Å². The highest BCUT2D eigenvalue weighted by atomic mass is 32.2. The molecule has 3 nitrogen and oxygen atoms in total. The molecule has 2 heterocycles. The molecule has 1 aliphatic heterocycles. The SMILES string of the molecule is Cc1csc(S(=O)(=O)N2C[C@@H]3CC[C@@H](C3)C2)c1. The Labute approximate surface area is 107 Å². The van der Waals surface area contributed by atoms with Crippen LogP contribution < -0.4 is 0 Å². The molecular weight excluding hydrogens is 254 g/mol. The van der Waals surface area contributed by atoms with Crippen molar-refractivity contribution in [2.75, 3.05) is 13.1 Å². The topological polar surface area (TPSA) is 37.4 Å². The van der Waals surface area contributed by atoms with Crippen LogP contribution in [0, 0.1) is 18.8 Å². The highest BCUT2D eigenvalue weighted by Gasteiger charge is 2.38. The van der Waals surface area contributed by atoms with Gasteiger partial charge in [-0.15, -0.1) is 11.3 Å². The molecule has 0 spiro atoms. The standard InChI is InChI=1S/C12H17NO2S2/c1-9-4-12(16-8-9)17(14,15)13-6-10-2-3-11(5-10)7-13/h4,8,10-11H,2-3,5-7H2,1H3/t10-,11+. The molecule has 0 amide bonds. The molecule has 94 valence electrons. The van der Waals surface area contributed by atoms with Gasteiger partial charge in [-0.2, -0.15) is 4.31 Å². The zero-order valence-electron chi connectivity index (χ0n) is 9.93. The number of thiophene rings is 1. The van der Waals surface area contributed by atoms with Crippen molar-refractivity contribution in [1.82, 2.24) is 4.31 Å². The predicted octanol–water partition coefficient (Wildman–Crippen LogP) is 2.48. The van der Waals surface area contributed by atoms with Crippen molar-refractivity contribution in [2.45, 2.75) is 30.4 Å². The van der Waals surface area contributed by atoms with Gasteiger partial charge in [-0.1, -0.05) is 0 Å². The molecule has 1 saturated carbocycles. The molecule has 2 aliphatic rings. The van der Waals surface area contributed by atoms with Crippen LogP contribution in [-0.2, 0) is 10.0 Å². The number of rotatable bonds is 2. The van der Waals surface area contributed by atoms with Gasteiger partial charge in [-0.05, 0) is 55.0 Å². The van der Waals surface area contributed by atoms with Gasteiger partial charge in [0.15, 0.2) is 0 Å². The Morgan fingerprint density at radius 3 is 2.47 bits per heavy atom. The third kappa shape index (κ3) is 2.04. The second-order valence-corrected chi connectivity index (χ2v) is 8.39. The van der Waals surface area contributed by atoms with E-state index in [0.717, 1.165) is 18.7 Å². The van der Waals surface area contributed by atoms with E-state index in [0.29, 0.717) is 16.0 Å². The Morgan fingerprint density at radius 1 is 1.29 bits per heavy atom. The minimum Gasteiger partial charge on any atom is -0.206 e. The maximum atomic E-state index is 12.5. The molecule has 0 radical (unpaired) electrons. The number of fused-ring (bicyclic) bond motifs is 2. The predicted molar refractivity (Wildman–Crippen MR) is 68.6 cm³/mol. The van der Waals surface area contributed by atoms with Crippen LogP contribution in [0.2, 0.25) is 0 Å². The minimum absolute atomic E-state index is 0.510. The van der Waals surface area contributed by atoms with Crippen LogP contribution in [0.25, 0.3) is 0 Å². The van der Waals surface area contributed by atoms with E-state index in [1.807, 2.05) is 12.3 Å². The summed E-state index contributed by atoms with van der Waals surface area (Å²) in [6, 6.07) is 1.79. The van der Waals surface area contributed by atoms with E-state index in [2.05, 4.69) is 0 Å². The van der Waals surface area contributed by atoms with E-state index < -0.39 is 10.0 Å². The molecule has 17 heavy (non-hydrogen) atoms. The third-order valence-corrected chi connectivity index (χ3v) is 7.24. The summed E-state index contributed by atoms with van der Waals surface area (Å²) in [5, 5.41) is 1.91. The van der Waals surface area contributed by atoms with Gasteiger partial charge in [0, 0.05) is 13.1 Å². The fourth-order valence-corrected chi connectivity index (χ4v) is 6.00. The maximum absolute atomic E-state index is 12.5. The van der Waals surface area contributed by atoms with Crippen molar-refractivity contribution < 1.29 is 8.42 Å². The first-order chi connectivity index (χ1) is 8.05.